The summed E-state index contributed by atoms with van der Waals surface area (Å²) in [7, 11) is 0. The van der Waals surface area contributed by atoms with E-state index in [9.17, 15) is 4.79 Å². The Labute approximate surface area is 106 Å². The molecule has 0 aliphatic rings. The largest absolute Gasteiger partial charge is 0.379 e. The second-order valence-corrected chi connectivity index (χ2v) is 3.93. The minimum Gasteiger partial charge on any atom is -0.379 e. The van der Waals surface area contributed by atoms with Crippen molar-refractivity contribution in [2.45, 2.75) is 20.0 Å². The summed E-state index contributed by atoms with van der Waals surface area (Å²) in [6, 6.07) is 9.08. The molecule has 0 fully saturated rings. The van der Waals surface area contributed by atoms with Crippen LogP contribution in [0, 0.1) is 0 Å². The Morgan fingerprint density at radius 3 is 2.67 bits per heavy atom. The Kier molecular flexibility index (Phi) is 3.62. The number of anilines is 1. The first-order valence-electron chi connectivity index (χ1n) is 5.85. The van der Waals surface area contributed by atoms with Gasteiger partial charge in [0.15, 0.2) is 0 Å². The lowest BCUT2D eigenvalue weighted by atomic mass is 10.2. The van der Waals surface area contributed by atoms with Crippen molar-refractivity contribution < 1.29 is 4.79 Å². The summed E-state index contributed by atoms with van der Waals surface area (Å²) in [5.41, 5.74) is 7.76. The highest BCUT2D eigenvalue weighted by Crippen LogP contribution is 2.11. The van der Waals surface area contributed by atoms with Crippen molar-refractivity contribution in [1.29, 1.82) is 0 Å². The van der Waals surface area contributed by atoms with Crippen molar-refractivity contribution in [1.82, 2.24) is 9.78 Å². The zero-order valence-corrected chi connectivity index (χ0v) is 10.3. The summed E-state index contributed by atoms with van der Waals surface area (Å²) in [6.45, 7) is 3.60. The molecule has 0 saturated heterocycles. The summed E-state index contributed by atoms with van der Waals surface area (Å²) >= 11 is 0. The third kappa shape index (κ3) is 2.68. The number of aryl methyl sites for hydroxylation is 1. The molecule has 1 aromatic heterocycles. The molecule has 0 bridgehead atoms. The fourth-order valence-corrected chi connectivity index (χ4v) is 1.74. The molecule has 5 heteroatoms. The lowest BCUT2D eigenvalue weighted by Crippen LogP contribution is -2.11. The van der Waals surface area contributed by atoms with Crippen LogP contribution in [0.2, 0.25) is 0 Å². The van der Waals surface area contributed by atoms with Gasteiger partial charge >= 0.3 is 0 Å². The molecular weight excluding hydrogens is 228 g/mol. The highest BCUT2D eigenvalue weighted by atomic mass is 16.1. The number of hydrogen-bond donors (Lipinski definition) is 2. The average Bonchev–Trinajstić information content (AvgIpc) is 2.84. The Morgan fingerprint density at radius 2 is 2.06 bits per heavy atom. The van der Waals surface area contributed by atoms with Crippen molar-refractivity contribution >= 4 is 11.6 Å². The molecule has 2 aromatic rings. The standard InChI is InChI=1S/C13H16N4O/c1-2-17-12(7-8-16-17)9-15-11-5-3-10(4-6-11)13(14)18/h3-8,15H,2,9H2,1H3,(H2,14,18). The van der Waals surface area contributed by atoms with Crippen LogP contribution < -0.4 is 11.1 Å². The Bertz CT molecular complexity index is 530. The van der Waals surface area contributed by atoms with E-state index in [1.165, 1.54) is 0 Å². The Hall–Kier alpha value is -2.30. The van der Waals surface area contributed by atoms with Crippen LogP contribution in [0.1, 0.15) is 23.0 Å². The van der Waals surface area contributed by atoms with Gasteiger partial charge in [0.05, 0.1) is 12.2 Å². The lowest BCUT2D eigenvalue weighted by molar-refractivity contribution is 0.100. The second kappa shape index (κ2) is 5.35. The summed E-state index contributed by atoms with van der Waals surface area (Å²) in [6.07, 6.45) is 1.79. The van der Waals surface area contributed by atoms with Crippen LogP contribution in [0.25, 0.3) is 0 Å². The van der Waals surface area contributed by atoms with Crippen LogP contribution in [-0.4, -0.2) is 15.7 Å². The van der Waals surface area contributed by atoms with Gasteiger partial charge in [-0.2, -0.15) is 5.10 Å². The second-order valence-electron chi connectivity index (χ2n) is 3.93. The van der Waals surface area contributed by atoms with Gasteiger partial charge in [0.25, 0.3) is 0 Å². The molecule has 0 unspecified atom stereocenters. The highest BCUT2D eigenvalue weighted by molar-refractivity contribution is 5.93. The van der Waals surface area contributed by atoms with Gasteiger partial charge in [-0.15, -0.1) is 0 Å². The number of primary amides is 1. The quantitative estimate of drug-likeness (QED) is 0.839. The average molecular weight is 244 g/mol. The first-order chi connectivity index (χ1) is 8.70. The van der Waals surface area contributed by atoms with Crippen LogP contribution in [0.3, 0.4) is 0 Å². The maximum absolute atomic E-state index is 10.9. The Balaban J connectivity index is 2.00. The van der Waals surface area contributed by atoms with Gasteiger partial charge in [-0.05, 0) is 37.3 Å². The summed E-state index contributed by atoms with van der Waals surface area (Å²) in [4.78, 5) is 10.9. The molecule has 2 rings (SSSR count). The Morgan fingerprint density at radius 1 is 1.33 bits per heavy atom. The van der Waals surface area contributed by atoms with Crippen molar-refractivity contribution in [2.24, 2.45) is 5.73 Å². The zero-order valence-electron chi connectivity index (χ0n) is 10.3. The molecule has 0 radical (unpaired) electrons. The topological polar surface area (TPSA) is 72.9 Å². The minimum atomic E-state index is -0.411. The molecule has 0 aliphatic carbocycles. The number of nitrogens with zero attached hydrogens (tertiary/aromatic N) is 2. The van der Waals surface area contributed by atoms with Gasteiger partial charge in [-0.3, -0.25) is 9.48 Å². The van der Waals surface area contributed by atoms with E-state index in [-0.39, 0.29) is 0 Å². The van der Waals surface area contributed by atoms with E-state index in [1.807, 2.05) is 22.9 Å². The van der Waals surface area contributed by atoms with E-state index >= 15 is 0 Å². The molecule has 0 aliphatic heterocycles. The highest BCUT2D eigenvalue weighted by Gasteiger charge is 2.02. The van der Waals surface area contributed by atoms with Crippen LogP contribution in [-0.2, 0) is 13.1 Å². The number of carbonyl (C=O) groups excluding carboxylic acids is 1. The van der Waals surface area contributed by atoms with Gasteiger partial charge in [-0.1, -0.05) is 0 Å². The maximum atomic E-state index is 10.9. The van der Waals surface area contributed by atoms with Crippen LogP contribution in [0.15, 0.2) is 36.5 Å². The monoisotopic (exact) mass is 244 g/mol. The van der Waals surface area contributed by atoms with E-state index in [2.05, 4.69) is 17.3 Å². The van der Waals surface area contributed by atoms with E-state index in [0.29, 0.717) is 12.1 Å². The summed E-state index contributed by atoms with van der Waals surface area (Å²) in [5, 5.41) is 7.47. The molecule has 1 heterocycles. The molecule has 3 N–H and O–H groups in total. The fraction of sp³-hybridized carbons (Fsp3) is 0.231. The van der Waals surface area contributed by atoms with Crippen molar-refractivity contribution in [3.63, 3.8) is 0 Å². The lowest BCUT2D eigenvalue weighted by Gasteiger charge is -2.08. The van der Waals surface area contributed by atoms with E-state index < -0.39 is 5.91 Å². The number of carbonyl (C=O) groups is 1. The third-order valence-electron chi connectivity index (χ3n) is 2.75. The molecular formula is C13H16N4O. The molecule has 1 aromatic carbocycles. The van der Waals surface area contributed by atoms with Crippen molar-refractivity contribution in [2.75, 3.05) is 5.32 Å². The zero-order chi connectivity index (χ0) is 13.0. The maximum Gasteiger partial charge on any atom is 0.248 e. The number of nitrogens with two attached hydrogens (primary N) is 1. The van der Waals surface area contributed by atoms with Crippen LogP contribution in [0.4, 0.5) is 5.69 Å². The predicted octanol–water partition coefficient (Wildman–Crippen LogP) is 1.61. The van der Waals surface area contributed by atoms with E-state index in [1.54, 1.807) is 18.3 Å². The van der Waals surface area contributed by atoms with Gasteiger partial charge in [0.2, 0.25) is 5.91 Å². The summed E-state index contributed by atoms with van der Waals surface area (Å²) < 4.78 is 1.94. The number of aromatic nitrogens is 2. The SMILES string of the molecule is CCn1nccc1CNc1ccc(C(N)=O)cc1. The molecule has 94 valence electrons. The van der Waals surface area contributed by atoms with Crippen LogP contribution >= 0.6 is 0 Å². The minimum absolute atomic E-state index is 0.411. The smallest absolute Gasteiger partial charge is 0.248 e. The van der Waals surface area contributed by atoms with E-state index in [0.717, 1.165) is 17.9 Å². The summed E-state index contributed by atoms with van der Waals surface area (Å²) in [5.74, 6) is -0.411. The first-order valence-corrected chi connectivity index (χ1v) is 5.85. The van der Waals surface area contributed by atoms with Gasteiger partial charge in [0.1, 0.15) is 0 Å². The number of benzene rings is 1. The van der Waals surface area contributed by atoms with Gasteiger partial charge in [0, 0.05) is 24.0 Å². The number of amides is 1. The number of nitrogens with one attached hydrogen (secondary N) is 1. The molecule has 5 nitrogen and oxygen atoms in total. The third-order valence-corrected chi connectivity index (χ3v) is 2.75. The van der Waals surface area contributed by atoms with Crippen LogP contribution in [0.5, 0.6) is 0 Å². The predicted molar refractivity (Wildman–Crippen MR) is 70.2 cm³/mol. The number of rotatable bonds is 5. The molecule has 0 atom stereocenters. The van der Waals surface area contributed by atoms with Crippen molar-refractivity contribution in [3.05, 3.63) is 47.8 Å². The van der Waals surface area contributed by atoms with E-state index in [4.69, 9.17) is 5.73 Å². The number of hydrogen-bond acceptors (Lipinski definition) is 3. The molecule has 0 spiro atoms. The molecule has 0 saturated carbocycles. The van der Waals surface area contributed by atoms with Crippen molar-refractivity contribution in [3.8, 4) is 0 Å². The molecule has 1 amide bonds. The van der Waals surface area contributed by atoms with Gasteiger partial charge in [-0.25, -0.2) is 0 Å². The normalized spacial score (nSPS) is 10.3. The van der Waals surface area contributed by atoms with Gasteiger partial charge < -0.3 is 11.1 Å². The molecule has 18 heavy (non-hydrogen) atoms. The first kappa shape index (κ1) is 12.2. The fourth-order valence-electron chi connectivity index (χ4n) is 1.74.